The molecule has 10 heteroatoms. The third-order valence-electron chi connectivity index (χ3n) is 7.06. The number of rotatable bonds is 14. The van der Waals surface area contributed by atoms with Crippen LogP contribution in [0.4, 0.5) is 10.5 Å². The minimum absolute atomic E-state index is 0.0833. The smallest absolute Gasteiger partial charge is 0.408 e. The van der Waals surface area contributed by atoms with Crippen LogP contribution in [0.15, 0.2) is 54.6 Å². The molecule has 1 heterocycles. The van der Waals surface area contributed by atoms with E-state index < -0.39 is 30.1 Å². The molecule has 0 bridgehead atoms. The number of hydrogen-bond donors (Lipinski definition) is 3. The summed E-state index contributed by atoms with van der Waals surface area (Å²) in [6.45, 7) is 9.41. The van der Waals surface area contributed by atoms with E-state index in [9.17, 15) is 24.3 Å². The number of nitrogens with one attached hydrogen (secondary N) is 2. The molecule has 0 saturated heterocycles. The molecule has 2 aromatic carbocycles. The standard InChI is InChI=1S/C32H44N4O6/c1-22(2)16-26(29(37)19-35-14-15-36(20-30(38)39)28-13-9-8-12-25(28)18-35)33-31(40)27(17-23(3)4)34-32(41)42-21-24-10-6-5-7-11-24/h5-13,22-23,26-27H,14-21H2,1-4H3,(H,33,40)(H,34,41)(H,38,39)/t26?,27-/m0/s1. The molecule has 42 heavy (non-hydrogen) atoms. The van der Waals surface area contributed by atoms with E-state index in [4.69, 9.17) is 4.74 Å². The number of Topliss-reactive ketones (excluding diaryl/α,β-unsaturated/α-hetero) is 1. The van der Waals surface area contributed by atoms with E-state index in [1.807, 2.05) is 92.1 Å². The summed E-state index contributed by atoms with van der Waals surface area (Å²) in [5.41, 5.74) is 2.63. The summed E-state index contributed by atoms with van der Waals surface area (Å²) >= 11 is 0. The molecule has 0 spiro atoms. The summed E-state index contributed by atoms with van der Waals surface area (Å²) in [5, 5.41) is 15.0. The Hall–Kier alpha value is -3.92. The van der Waals surface area contributed by atoms with Crippen molar-refractivity contribution < 1.29 is 29.0 Å². The summed E-state index contributed by atoms with van der Waals surface area (Å²) in [5.74, 6) is -1.21. The van der Waals surface area contributed by atoms with Gasteiger partial charge in [0.05, 0.1) is 12.6 Å². The first kappa shape index (κ1) is 32.6. The van der Waals surface area contributed by atoms with Gasteiger partial charge in [-0.15, -0.1) is 0 Å². The Labute approximate surface area is 248 Å². The molecule has 0 aromatic heterocycles. The molecule has 1 aliphatic heterocycles. The van der Waals surface area contributed by atoms with Crippen LogP contribution in [0.5, 0.6) is 0 Å². The van der Waals surface area contributed by atoms with Gasteiger partial charge in [-0.3, -0.25) is 19.3 Å². The normalized spacial score (nSPS) is 15.0. The largest absolute Gasteiger partial charge is 0.480 e. The maximum atomic E-state index is 13.6. The number of carboxylic acids is 1. The van der Waals surface area contributed by atoms with Crippen molar-refractivity contribution in [3.05, 3.63) is 65.7 Å². The molecular formula is C32H44N4O6. The summed E-state index contributed by atoms with van der Waals surface area (Å²) in [6.07, 6.45) is 0.144. The van der Waals surface area contributed by atoms with Gasteiger partial charge in [-0.05, 0) is 41.9 Å². The van der Waals surface area contributed by atoms with Crippen molar-refractivity contribution in [2.45, 2.75) is 65.8 Å². The minimum Gasteiger partial charge on any atom is -0.480 e. The van der Waals surface area contributed by atoms with Gasteiger partial charge < -0.3 is 25.4 Å². The van der Waals surface area contributed by atoms with Crippen molar-refractivity contribution in [3.8, 4) is 0 Å². The molecule has 2 atom stereocenters. The first-order chi connectivity index (χ1) is 20.0. The van der Waals surface area contributed by atoms with E-state index in [1.165, 1.54) is 0 Å². The number of amides is 2. The highest BCUT2D eigenvalue weighted by molar-refractivity contribution is 5.93. The summed E-state index contributed by atoms with van der Waals surface area (Å²) in [4.78, 5) is 54.9. The van der Waals surface area contributed by atoms with E-state index in [1.54, 1.807) is 0 Å². The molecule has 2 aromatic rings. The molecule has 10 nitrogen and oxygen atoms in total. The number of carbonyl (C=O) groups is 4. The predicted molar refractivity (Wildman–Crippen MR) is 161 cm³/mol. The molecule has 1 unspecified atom stereocenters. The maximum absolute atomic E-state index is 13.6. The van der Waals surface area contributed by atoms with Crippen molar-refractivity contribution in [2.75, 3.05) is 31.1 Å². The van der Waals surface area contributed by atoms with E-state index in [-0.39, 0.29) is 37.3 Å². The van der Waals surface area contributed by atoms with Crippen LogP contribution in [0.2, 0.25) is 0 Å². The molecular weight excluding hydrogens is 536 g/mol. The zero-order chi connectivity index (χ0) is 30.6. The molecule has 0 saturated carbocycles. The summed E-state index contributed by atoms with van der Waals surface area (Å²) in [6, 6.07) is 15.3. The predicted octanol–water partition coefficient (Wildman–Crippen LogP) is 3.83. The quantitative estimate of drug-likeness (QED) is 0.308. The van der Waals surface area contributed by atoms with E-state index in [0.29, 0.717) is 32.5 Å². The molecule has 3 rings (SSSR count). The zero-order valence-corrected chi connectivity index (χ0v) is 25.0. The first-order valence-electron chi connectivity index (χ1n) is 14.6. The third kappa shape index (κ3) is 10.5. The molecule has 0 radical (unpaired) electrons. The summed E-state index contributed by atoms with van der Waals surface area (Å²) < 4.78 is 5.34. The lowest BCUT2D eigenvalue weighted by Crippen LogP contribution is -2.53. The minimum atomic E-state index is -0.914. The van der Waals surface area contributed by atoms with Crippen LogP contribution in [0, 0.1) is 11.8 Å². The highest BCUT2D eigenvalue weighted by atomic mass is 16.5. The fourth-order valence-corrected chi connectivity index (χ4v) is 5.07. The number of alkyl carbamates (subject to hydrolysis) is 1. The monoisotopic (exact) mass is 580 g/mol. The van der Waals surface area contributed by atoms with Crippen LogP contribution in [-0.4, -0.2) is 72.0 Å². The average Bonchev–Trinajstić information content (AvgIpc) is 3.10. The fraction of sp³-hybridized carbons (Fsp3) is 0.500. The van der Waals surface area contributed by atoms with Crippen LogP contribution in [0.3, 0.4) is 0 Å². The van der Waals surface area contributed by atoms with Crippen LogP contribution in [0.1, 0.15) is 51.7 Å². The van der Waals surface area contributed by atoms with Crippen molar-refractivity contribution in [3.63, 3.8) is 0 Å². The average molecular weight is 581 g/mol. The number of para-hydroxylation sites is 1. The van der Waals surface area contributed by atoms with Gasteiger partial charge >= 0.3 is 12.1 Å². The molecule has 2 amide bonds. The molecule has 0 fully saturated rings. The Balaban J connectivity index is 1.67. The second-order valence-electron chi connectivity index (χ2n) is 11.7. The third-order valence-corrected chi connectivity index (χ3v) is 7.06. The van der Waals surface area contributed by atoms with Gasteiger partial charge in [0.2, 0.25) is 5.91 Å². The second-order valence-corrected chi connectivity index (χ2v) is 11.7. The van der Waals surface area contributed by atoms with E-state index >= 15 is 0 Å². The highest BCUT2D eigenvalue weighted by Crippen LogP contribution is 2.25. The molecule has 0 aliphatic carbocycles. The molecule has 228 valence electrons. The Morgan fingerprint density at radius 2 is 1.48 bits per heavy atom. The Morgan fingerprint density at radius 1 is 0.833 bits per heavy atom. The number of fused-ring (bicyclic) bond motifs is 1. The van der Waals surface area contributed by atoms with Gasteiger partial charge in [0.1, 0.15) is 19.2 Å². The summed E-state index contributed by atoms with van der Waals surface area (Å²) in [7, 11) is 0. The zero-order valence-electron chi connectivity index (χ0n) is 25.0. The van der Waals surface area contributed by atoms with Gasteiger partial charge in [0.25, 0.3) is 0 Å². The number of ether oxygens (including phenoxy) is 1. The maximum Gasteiger partial charge on any atom is 0.408 e. The van der Waals surface area contributed by atoms with E-state index in [2.05, 4.69) is 10.6 Å². The van der Waals surface area contributed by atoms with Crippen molar-refractivity contribution >= 4 is 29.4 Å². The number of carboxylic acid groups (broad SMARTS) is 1. The number of nitrogens with zero attached hydrogens (tertiary/aromatic N) is 2. The SMILES string of the molecule is CC(C)CC(NC(=O)[C@H](CC(C)C)NC(=O)OCc1ccccc1)C(=O)CN1CCN(CC(=O)O)c2ccccc2C1. The topological polar surface area (TPSA) is 128 Å². The van der Waals surface area contributed by atoms with Crippen LogP contribution >= 0.6 is 0 Å². The van der Waals surface area contributed by atoms with Gasteiger partial charge in [-0.1, -0.05) is 76.2 Å². The first-order valence-corrected chi connectivity index (χ1v) is 14.6. The van der Waals surface area contributed by atoms with Crippen LogP contribution < -0.4 is 15.5 Å². The van der Waals surface area contributed by atoms with Crippen LogP contribution in [-0.2, 0) is 32.3 Å². The Morgan fingerprint density at radius 3 is 2.14 bits per heavy atom. The van der Waals surface area contributed by atoms with E-state index in [0.717, 1.165) is 16.8 Å². The van der Waals surface area contributed by atoms with Gasteiger partial charge in [0, 0.05) is 25.3 Å². The van der Waals surface area contributed by atoms with Gasteiger partial charge in [-0.2, -0.15) is 0 Å². The Kier molecular flexibility index (Phi) is 12.3. The van der Waals surface area contributed by atoms with Crippen molar-refractivity contribution in [1.29, 1.82) is 0 Å². The highest BCUT2D eigenvalue weighted by Gasteiger charge is 2.30. The molecule has 1 aliphatic rings. The number of aliphatic carboxylic acids is 1. The van der Waals surface area contributed by atoms with Crippen LogP contribution in [0.25, 0.3) is 0 Å². The second kappa shape index (κ2) is 15.9. The van der Waals surface area contributed by atoms with Crippen molar-refractivity contribution in [1.82, 2.24) is 15.5 Å². The fourth-order valence-electron chi connectivity index (χ4n) is 5.07. The lowest BCUT2D eigenvalue weighted by molar-refractivity contribution is -0.135. The number of anilines is 1. The van der Waals surface area contributed by atoms with Crippen molar-refractivity contribution in [2.24, 2.45) is 11.8 Å². The number of hydrogen-bond acceptors (Lipinski definition) is 7. The lowest BCUT2D eigenvalue weighted by atomic mass is 9.98. The number of carbonyl (C=O) groups excluding carboxylic acids is 3. The Bertz CT molecular complexity index is 1200. The van der Waals surface area contributed by atoms with Gasteiger partial charge in [0.15, 0.2) is 5.78 Å². The lowest BCUT2D eigenvalue weighted by Gasteiger charge is -2.27. The van der Waals surface area contributed by atoms with Gasteiger partial charge in [-0.25, -0.2) is 4.79 Å². The molecule has 3 N–H and O–H groups in total. The number of ketones is 1. The number of benzene rings is 2.